The number of allylic oxidation sites excluding steroid dienone is 2. The number of hydrogen-bond donors (Lipinski definition) is 3. The first kappa shape index (κ1) is 17.1. The smallest absolute Gasteiger partial charge is 0.255 e. The summed E-state index contributed by atoms with van der Waals surface area (Å²) in [6.07, 6.45) is 1.08. The largest absolute Gasteiger partial charge is 0.384 e. The molecule has 0 saturated carbocycles. The Morgan fingerprint density at radius 2 is 1.89 bits per heavy atom. The Morgan fingerprint density at radius 1 is 1.19 bits per heavy atom. The Labute approximate surface area is 156 Å². The van der Waals surface area contributed by atoms with E-state index in [-0.39, 0.29) is 28.1 Å². The summed E-state index contributed by atoms with van der Waals surface area (Å²) in [5.74, 6) is -0.452. The summed E-state index contributed by atoms with van der Waals surface area (Å²) in [6, 6.07) is 11.5. The van der Waals surface area contributed by atoms with Crippen molar-refractivity contribution in [1.82, 2.24) is 4.98 Å². The lowest BCUT2D eigenvalue weighted by atomic mass is 9.68. The molecule has 1 aromatic carbocycles. The maximum absolute atomic E-state index is 13.1. The number of carbonyl (C=O) groups excluding carboxylic acids is 1. The van der Waals surface area contributed by atoms with Gasteiger partial charge in [0.2, 0.25) is 0 Å². The zero-order valence-corrected chi connectivity index (χ0v) is 15.2. The molecule has 6 nitrogen and oxygen atoms in total. The number of pyridine rings is 1. The molecule has 2 heterocycles. The van der Waals surface area contributed by atoms with E-state index < -0.39 is 5.92 Å². The Morgan fingerprint density at radius 3 is 2.56 bits per heavy atom. The Balaban J connectivity index is 2.06. The predicted molar refractivity (Wildman–Crippen MR) is 103 cm³/mol. The van der Waals surface area contributed by atoms with Gasteiger partial charge in [-0.15, -0.1) is 0 Å². The number of nitrogens with zero attached hydrogens (tertiary/aromatic N) is 1. The minimum atomic E-state index is -0.516. The van der Waals surface area contributed by atoms with Crippen molar-refractivity contribution >= 4 is 17.3 Å². The molecule has 0 fully saturated rings. The Bertz CT molecular complexity index is 1090. The molecule has 2 aromatic rings. The van der Waals surface area contributed by atoms with E-state index in [0.29, 0.717) is 29.7 Å². The molecule has 0 bridgehead atoms. The molecule has 1 unspecified atom stereocenters. The average molecular weight is 360 g/mol. The van der Waals surface area contributed by atoms with Gasteiger partial charge in [0, 0.05) is 23.6 Å². The molecular formula is C21H20N4O2. The molecule has 4 rings (SSSR count). The number of aromatic nitrogens is 1. The van der Waals surface area contributed by atoms with Crippen LogP contribution in [-0.2, 0) is 4.79 Å². The summed E-state index contributed by atoms with van der Waals surface area (Å²) >= 11 is 0. The van der Waals surface area contributed by atoms with Crippen LogP contribution in [0.3, 0.4) is 0 Å². The van der Waals surface area contributed by atoms with Gasteiger partial charge in [0.15, 0.2) is 5.78 Å². The van der Waals surface area contributed by atoms with Gasteiger partial charge in [0.05, 0.1) is 11.3 Å². The second kappa shape index (κ2) is 5.85. The van der Waals surface area contributed by atoms with Gasteiger partial charge in [-0.2, -0.15) is 5.26 Å². The van der Waals surface area contributed by atoms with Gasteiger partial charge < -0.3 is 16.0 Å². The number of fused-ring (bicyclic) bond motifs is 1. The van der Waals surface area contributed by atoms with Crippen LogP contribution >= 0.6 is 0 Å². The molecule has 27 heavy (non-hydrogen) atoms. The van der Waals surface area contributed by atoms with Gasteiger partial charge in [-0.25, -0.2) is 0 Å². The summed E-state index contributed by atoms with van der Waals surface area (Å²) in [6.45, 7) is 4.08. The number of nitriles is 1. The molecule has 0 saturated heterocycles. The average Bonchev–Trinajstić information content (AvgIpc) is 2.60. The second-order valence-corrected chi connectivity index (χ2v) is 7.95. The lowest BCUT2D eigenvalue weighted by Crippen LogP contribution is -2.37. The number of anilines is 2. The molecule has 1 aliphatic carbocycles. The van der Waals surface area contributed by atoms with Crippen LogP contribution < -0.4 is 16.6 Å². The molecular weight excluding hydrogens is 340 g/mol. The molecule has 1 atom stereocenters. The third kappa shape index (κ3) is 2.63. The molecule has 2 aliphatic rings. The summed E-state index contributed by atoms with van der Waals surface area (Å²) in [5, 5.41) is 12.8. The van der Waals surface area contributed by atoms with Crippen LogP contribution in [-0.4, -0.2) is 10.8 Å². The summed E-state index contributed by atoms with van der Waals surface area (Å²) < 4.78 is 0. The van der Waals surface area contributed by atoms with Gasteiger partial charge >= 0.3 is 0 Å². The van der Waals surface area contributed by atoms with Crippen LogP contribution in [0.25, 0.3) is 0 Å². The fraction of sp³-hybridized carbons (Fsp3) is 0.286. The molecule has 0 amide bonds. The molecule has 1 aliphatic heterocycles. The standard InChI is InChI=1S/C21H20N4O2/c1-21(2)8-13-16(14(26)9-21)15(11-6-4-3-5-7-11)17-18(24-13)12(10-22)19(23)25-20(17)27/h3-7,15,24H,8-9H2,1-2H3,(H3,23,25,27). The normalized spacial score (nSPS) is 20.3. The number of nitrogens with two attached hydrogens (primary N) is 1. The second-order valence-electron chi connectivity index (χ2n) is 7.95. The van der Waals surface area contributed by atoms with Crippen molar-refractivity contribution in [3.63, 3.8) is 0 Å². The van der Waals surface area contributed by atoms with Gasteiger partial charge in [-0.1, -0.05) is 44.2 Å². The van der Waals surface area contributed by atoms with E-state index in [9.17, 15) is 14.9 Å². The SMILES string of the molecule is CC1(C)CC(=O)C2=C(C1)Nc1c(C#N)c(N)[nH]c(=O)c1C2c1ccccc1. The first-order valence-electron chi connectivity index (χ1n) is 8.86. The highest BCUT2D eigenvalue weighted by molar-refractivity contribution is 6.02. The minimum Gasteiger partial charge on any atom is -0.384 e. The topological polar surface area (TPSA) is 112 Å². The number of Topliss-reactive ketones (excluding diaryl/α,β-unsaturated/α-hetero) is 1. The van der Waals surface area contributed by atoms with Crippen LogP contribution in [0.15, 0.2) is 46.4 Å². The monoisotopic (exact) mass is 360 g/mol. The van der Waals surface area contributed by atoms with Crippen molar-refractivity contribution in [2.24, 2.45) is 5.41 Å². The highest BCUT2D eigenvalue weighted by atomic mass is 16.1. The van der Waals surface area contributed by atoms with Crippen molar-refractivity contribution < 1.29 is 4.79 Å². The number of rotatable bonds is 1. The number of hydrogen-bond acceptors (Lipinski definition) is 5. The van der Waals surface area contributed by atoms with E-state index in [1.807, 2.05) is 44.2 Å². The number of benzene rings is 1. The number of H-pyrrole nitrogens is 1. The maximum atomic E-state index is 13.1. The summed E-state index contributed by atoms with van der Waals surface area (Å²) in [5.41, 5.74) is 8.54. The van der Waals surface area contributed by atoms with E-state index in [2.05, 4.69) is 16.4 Å². The van der Waals surface area contributed by atoms with E-state index in [4.69, 9.17) is 5.73 Å². The van der Waals surface area contributed by atoms with E-state index in [0.717, 1.165) is 11.3 Å². The number of ketones is 1. The lowest BCUT2D eigenvalue weighted by Gasteiger charge is -2.39. The van der Waals surface area contributed by atoms with Gasteiger partial charge in [-0.3, -0.25) is 9.59 Å². The molecule has 4 N–H and O–H groups in total. The first-order valence-corrected chi connectivity index (χ1v) is 8.86. The van der Waals surface area contributed by atoms with Crippen LogP contribution in [0.4, 0.5) is 11.5 Å². The van der Waals surface area contributed by atoms with Crippen molar-refractivity contribution in [1.29, 1.82) is 5.26 Å². The molecule has 0 spiro atoms. The van der Waals surface area contributed by atoms with Crippen LogP contribution in [0.5, 0.6) is 0 Å². The third-order valence-electron chi connectivity index (χ3n) is 5.30. The van der Waals surface area contributed by atoms with Crippen molar-refractivity contribution in [3.8, 4) is 6.07 Å². The van der Waals surface area contributed by atoms with Crippen molar-refractivity contribution in [3.05, 3.63) is 68.6 Å². The molecule has 1 aromatic heterocycles. The Hall–Kier alpha value is -3.33. The number of nitrogen functional groups attached to an aromatic ring is 1. The molecule has 0 radical (unpaired) electrons. The maximum Gasteiger partial charge on any atom is 0.255 e. The highest BCUT2D eigenvalue weighted by Crippen LogP contribution is 2.48. The van der Waals surface area contributed by atoms with E-state index in [1.165, 1.54) is 0 Å². The fourth-order valence-electron chi connectivity index (χ4n) is 4.21. The highest BCUT2D eigenvalue weighted by Gasteiger charge is 2.42. The molecule has 6 heteroatoms. The minimum absolute atomic E-state index is 0.0305. The van der Waals surface area contributed by atoms with Crippen LogP contribution in [0.2, 0.25) is 0 Å². The van der Waals surface area contributed by atoms with Gasteiger partial charge in [-0.05, 0) is 17.4 Å². The van der Waals surface area contributed by atoms with Gasteiger partial charge in [0.25, 0.3) is 5.56 Å². The van der Waals surface area contributed by atoms with Crippen molar-refractivity contribution in [2.45, 2.75) is 32.6 Å². The zero-order chi connectivity index (χ0) is 19.3. The van der Waals surface area contributed by atoms with E-state index in [1.54, 1.807) is 0 Å². The summed E-state index contributed by atoms with van der Waals surface area (Å²) in [4.78, 5) is 28.5. The number of nitrogens with one attached hydrogen (secondary N) is 2. The zero-order valence-electron chi connectivity index (χ0n) is 15.2. The quantitative estimate of drug-likeness (QED) is 0.724. The molecule has 136 valence electrons. The third-order valence-corrected chi connectivity index (χ3v) is 5.30. The predicted octanol–water partition coefficient (Wildman–Crippen LogP) is 3.03. The Kier molecular flexibility index (Phi) is 3.70. The van der Waals surface area contributed by atoms with Gasteiger partial charge in [0.1, 0.15) is 17.5 Å². The first-order chi connectivity index (χ1) is 12.8. The van der Waals surface area contributed by atoms with Crippen molar-refractivity contribution in [2.75, 3.05) is 11.1 Å². The fourth-order valence-corrected chi connectivity index (χ4v) is 4.21. The summed E-state index contributed by atoms with van der Waals surface area (Å²) in [7, 11) is 0. The van der Waals surface area contributed by atoms with Crippen LogP contribution in [0, 0.1) is 16.7 Å². The lowest BCUT2D eigenvalue weighted by molar-refractivity contribution is -0.118. The number of carbonyl (C=O) groups is 1. The van der Waals surface area contributed by atoms with E-state index >= 15 is 0 Å². The van der Waals surface area contributed by atoms with Crippen LogP contribution in [0.1, 0.15) is 49.3 Å². The number of aromatic amines is 1.